The second-order valence-corrected chi connectivity index (χ2v) is 6.91. The van der Waals surface area contributed by atoms with Gasteiger partial charge in [-0.3, -0.25) is 9.48 Å². The van der Waals surface area contributed by atoms with E-state index in [0.717, 1.165) is 22.0 Å². The van der Waals surface area contributed by atoms with Crippen LogP contribution in [0.2, 0.25) is 0 Å². The number of rotatable bonds is 3. The number of hydrogen-bond donors (Lipinski definition) is 0. The lowest BCUT2D eigenvalue weighted by molar-refractivity contribution is 0.112. The molecule has 0 N–H and O–H groups in total. The summed E-state index contributed by atoms with van der Waals surface area (Å²) in [6, 6.07) is 0.447. The number of halogens is 1. The first-order chi connectivity index (χ1) is 9.79. The summed E-state index contributed by atoms with van der Waals surface area (Å²) in [5.41, 5.74) is 2.51. The van der Waals surface area contributed by atoms with Gasteiger partial charge in [0.1, 0.15) is 5.69 Å². The van der Waals surface area contributed by atoms with E-state index in [4.69, 9.17) is 5.10 Å². The molecule has 0 spiro atoms. The molecule has 0 radical (unpaired) electrons. The minimum absolute atomic E-state index is 0.447. The van der Waals surface area contributed by atoms with E-state index in [1.54, 1.807) is 11.3 Å². The molecule has 0 aromatic carbocycles. The zero-order chi connectivity index (χ0) is 13.9. The highest BCUT2D eigenvalue weighted by atomic mass is 79.9. The molecule has 1 fully saturated rings. The quantitative estimate of drug-likeness (QED) is 0.570. The maximum atomic E-state index is 11.3. The van der Waals surface area contributed by atoms with Crippen LogP contribution < -0.4 is 0 Å². The van der Waals surface area contributed by atoms with Crippen molar-refractivity contribution in [3.05, 3.63) is 27.0 Å². The maximum Gasteiger partial charge on any atom is 0.153 e. The van der Waals surface area contributed by atoms with E-state index in [0.29, 0.717) is 11.6 Å². The van der Waals surface area contributed by atoms with Crippen LogP contribution in [0.1, 0.15) is 54.9 Å². The van der Waals surface area contributed by atoms with Crippen LogP contribution in [0.15, 0.2) is 21.4 Å². The smallest absolute Gasteiger partial charge is 0.153 e. The molecule has 0 aliphatic heterocycles. The zero-order valence-corrected chi connectivity index (χ0v) is 13.6. The number of carbonyl (C=O) groups excluding carboxylic acids is 1. The van der Waals surface area contributed by atoms with Gasteiger partial charge >= 0.3 is 0 Å². The summed E-state index contributed by atoms with van der Waals surface area (Å²) < 4.78 is 3.03. The van der Waals surface area contributed by atoms with E-state index in [1.807, 2.05) is 21.6 Å². The summed E-state index contributed by atoms with van der Waals surface area (Å²) in [5, 5.41) is 8.77. The lowest BCUT2D eigenvalue weighted by Crippen LogP contribution is -2.08. The molecule has 0 saturated heterocycles. The Kier molecular flexibility index (Phi) is 4.36. The van der Waals surface area contributed by atoms with Crippen LogP contribution in [0, 0.1) is 0 Å². The van der Waals surface area contributed by atoms with Crippen molar-refractivity contribution in [3.8, 4) is 11.3 Å². The Morgan fingerprint density at radius 2 is 2.00 bits per heavy atom. The predicted molar refractivity (Wildman–Crippen MR) is 85.4 cm³/mol. The average molecular weight is 353 g/mol. The van der Waals surface area contributed by atoms with E-state index in [-0.39, 0.29) is 0 Å². The summed E-state index contributed by atoms with van der Waals surface area (Å²) in [5.74, 6) is 0. The van der Waals surface area contributed by atoms with Crippen LogP contribution >= 0.6 is 27.3 Å². The molecular weight excluding hydrogens is 336 g/mol. The van der Waals surface area contributed by atoms with Gasteiger partial charge in [-0.1, -0.05) is 25.7 Å². The van der Waals surface area contributed by atoms with Gasteiger partial charge in [0, 0.05) is 27.0 Å². The van der Waals surface area contributed by atoms with Crippen molar-refractivity contribution >= 4 is 33.6 Å². The van der Waals surface area contributed by atoms with Crippen LogP contribution in [0.4, 0.5) is 0 Å². The van der Waals surface area contributed by atoms with Crippen molar-refractivity contribution in [1.29, 1.82) is 0 Å². The third kappa shape index (κ3) is 2.74. The Morgan fingerprint density at radius 1 is 1.25 bits per heavy atom. The van der Waals surface area contributed by atoms with E-state index in [1.165, 1.54) is 38.5 Å². The number of nitrogens with zero attached hydrogens (tertiary/aromatic N) is 2. The molecule has 3 rings (SSSR count). The lowest BCUT2D eigenvalue weighted by atomic mass is 10.1. The Bertz CT molecular complexity index is 597. The number of carbonyl (C=O) groups is 1. The zero-order valence-electron chi connectivity index (χ0n) is 11.2. The summed E-state index contributed by atoms with van der Waals surface area (Å²) >= 11 is 5.15. The molecule has 2 aromatic rings. The molecule has 0 amide bonds. The van der Waals surface area contributed by atoms with Gasteiger partial charge in [0.15, 0.2) is 6.29 Å². The Morgan fingerprint density at radius 3 is 2.60 bits per heavy atom. The Hall–Kier alpha value is -0.940. The lowest BCUT2D eigenvalue weighted by Gasteiger charge is -2.14. The van der Waals surface area contributed by atoms with Gasteiger partial charge in [-0.2, -0.15) is 16.4 Å². The molecular formula is C15H17BrN2OS. The third-order valence-corrected chi connectivity index (χ3v) is 5.66. The first-order valence-electron chi connectivity index (χ1n) is 7.06. The summed E-state index contributed by atoms with van der Waals surface area (Å²) in [6.07, 6.45) is 10.3. The van der Waals surface area contributed by atoms with Crippen molar-refractivity contribution in [2.24, 2.45) is 0 Å². The van der Waals surface area contributed by atoms with E-state index in [2.05, 4.69) is 15.9 Å². The van der Waals surface area contributed by atoms with Crippen molar-refractivity contribution in [2.45, 2.75) is 44.6 Å². The van der Waals surface area contributed by atoms with E-state index >= 15 is 0 Å². The Labute approximate surface area is 131 Å². The summed E-state index contributed by atoms with van der Waals surface area (Å²) in [4.78, 5) is 11.3. The standard InChI is InChI=1S/C15H17BrN2OS/c16-14-10-20-9-13(14)15-11(8-19)7-18(17-15)12-5-3-1-2-4-6-12/h7-10,12H,1-6H2. The second-order valence-electron chi connectivity index (χ2n) is 5.31. The van der Waals surface area contributed by atoms with Crippen LogP contribution in [0.5, 0.6) is 0 Å². The van der Waals surface area contributed by atoms with Crippen LogP contribution in [0.25, 0.3) is 11.3 Å². The highest BCUT2D eigenvalue weighted by Gasteiger charge is 2.19. The van der Waals surface area contributed by atoms with Crippen LogP contribution in [-0.4, -0.2) is 16.1 Å². The molecule has 20 heavy (non-hydrogen) atoms. The van der Waals surface area contributed by atoms with Crippen LogP contribution in [0.3, 0.4) is 0 Å². The minimum Gasteiger partial charge on any atom is -0.298 e. The molecule has 5 heteroatoms. The normalized spacial score (nSPS) is 17.1. The highest BCUT2D eigenvalue weighted by molar-refractivity contribution is 9.10. The van der Waals surface area contributed by atoms with Gasteiger partial charge in [-0.25, -0.2) is 0 Å². The fourth-order valence-electron chi connectivity index (χ4n) is 2.86. The Balaban J connectivity index is 1.96. The largest absolute Gasteiger partial charge is 0.298 e. The van der Waals surface area contributed by atoms with E-state index in [9.17, 15) is 4.79 Å². The summed E-state index contributed by atoms with van der Waals surface area (Å²) in [7, 11) is 0. The van der Waals surface area contributed by atoms with Crippen molar-refractivity contribution in [2.75, 3.05) is 0 Å². The number of hydrogen-bond acceptors (Lipinski definition) is 3. The van der Waals surface area contributed by atoms with Crippen LogP contribution in [-0.2, 0) is 0 Å². The molecule has 2 aromatic heterocycles. The van der Waals surface area contributed by atoms with Gasteiger partial charge < -0.3 is 0 Å². The first kappa shape index (κ1) is 14.0. The highest BCUT2D eigenvalue weighted by Crippen LogP contribution is 2.34. The fraction of sp³-hybridized carbons (Fsp3) is 0.467. The van der Waals surface area contributed by atoms with Gasteiger partial charge in [-0.15, -0.1) is 0 Å². The van der Waals surface area contributed by atoms with Gasteiger partial charge in [0.2, 0.25) is 0 Å². The van der Waals surface area contributed by atoms with Crippen molar-refractivity contribution in [1.82, 2.24) is 9.78 Å². The first-order valence-corrected chi connectivity index (χ1v) is 8.79. The van der Waals surface area contributed by atoms with Gasteiger partial charge in [0.25, 0.3) is 0 Å². The maximum absolute atomic E-state index is 11.3. The number of thiophene rings is 1. The minimum atomic E-state index is 0.447. The molecule has 0 bridgehead atoms. The third-order valence-electron chi connectivity index (χ3n) is 3.96. The number of aromatic nitrogens is 2. The second kappa shape index (κ2) is 6.22. The molecule has 1 aliphatic carbocycles. The molecule has 1 saturated carbocycles. The number of aldehydes is 1. The molecule has 2 heterocycles. The monoisotopic (exact) mass is 352 g/mol. The molecule has 106 valence electrons. The van der Waals surface area contributed by atoms with E-state index < -0.39 is 0 Å². The molecule has 0 atom stereocenters. The van der Waals surface area contributed by atoms with Gasteiger partial charge in [-0.05, 0) is 28.8 Å². The molecule has 0 unspecified atom stereocenters. The summed E-state index contributed by atoms with van der Waals surface area (Å²) in [6.45, 7) is 0. The molecule has 1 aliphatic rings. The SMILES string of the molecule is O=Cc1cn(C2CCCCCC2)nc1-c1cscc1Br. The van der Waals surface area contributed by atoms with Gasteiger partial charge in [0.05, 0.1) is 11.6 Å². The topological polar surface area (TPSA) is 34.9 Å². The fourth-order valence-corrected chi connectivity index (χ4v) is 4.33. The predicted octanol–water partition coefficient (Wildman–Crippen LogP) is 5.08. The van der Waals surface area contributed by atoms with Crippen molar-refractivity contribution in [3.63, 3.8) is 0 Å². The van der Waals surface area contributed by atoms with Crippen molar-refractivity contribution < 1.29 is 4.79 Å². The average Bonchev–Trinajstić information content (AvgIpc) is 2.96. The molecule has 3 nitrogen and oxygen atoms in total.